The van der Waals surface area contributed by atoms with Crippen molar-refractivity contribution in [2.24, 2.45) is 4.99 Å². The van der Waals surface area contributed by atoms with Crippen molar-refractivity contribution in [3.05, 3.63) is 83.0 Å². The highest BCUT2D eigenvalue weighted by Gasteiger charge is 2.16. The zero-order chi connectivity index (χ0) is 16.4. The first kappa shape index (κ1) is 17.4. The second-order valence-electron chi connectivity index (χ2n) is 4.49. The van der Waals surface area contributed by atoms with Gasteiger partial charge in [0.1, 0.15) is 12.0 Å². The molecule has 22 heavy (non-hydrogen) atoms. The van der Waals surface area contributed by atoms with E-state index in [2.05, 4.69) is 24.9 Å². The number of aliphatic imine (C=N–C) groups is 1. The summed E-state index contributed by atoms with van der Waals surface area (Å²) in [6.07, 6.45) is 16.2. The molecular weight excluding hydrogens is 274 g/mol. The standard InChI is InChI=1S/C19H21NO2/c1-5-8-9-10-11-13-15-18(7-3)22-14-16(19(15)21)17(20-4)12-6-2/h5-11,13-14,17H,2-4,12H2,1H3/b8-5-,10-9-,13-11+. The molecule has 1 unspecified atom stereocenters. The molecule has 0 fully saturated rings. The summed E-state index contributed by atoms with van der Waals surface area (Å²) >= 11 is 0. The second-order valence-corrected chi connectivity index (χ2v) is 4.49. The van der Waals surface area contributed by atoms with Gasteiger partial charge < -0.3 is 4.42 Å². The molecule has 0 spiro atoms. The molecule has 0 aliphatic heterocycles. The molecule has 1 rings (SSSR count). The first-order chi connectivity index (χ1) is 10.7. The molecule has 1 aromatic rings. The second kappa shape index (κ2) is 9.29. The SMILES string of the molecule is C=CCC(N=C)c1coc(C=C)c(/C=C/C=C\C=C/C)c1=O. The Morgan fingerprint density at radius 2 is 2.00 bits per heavy atom. The lowest BCUT2D eigenvalue weighted by molar-refractivity contribution is 0.519. The normalized spacial score (nSPS) is 13.0. The monoisotopic (exact) mass is 295 g/mol. The van der Waals surface area contributed by atoms with Crippen LogP contribution in [0.1, 0.15) is 36.3 Å². The van der Waals surface area contributed by atoms with Crippen molar-refractivity contribution >= 4 is 18.9 Å². The van der Waals surface area contributed by atoms with Gasteiger partial charge in [0.15, 0.2) is 5.43 Å². The Labute approximate surface area is 131 Å². The summed E-state index contributed by atoms with van der Waals surface area (Å²) in [5.41, 5.74) is 0.795. The highest BCUT2D eigenvalue weighted by molar-refractivity contribution is 5.61. The minimum Gasteiger partial charge on any atom is -0.464 e. The smallest absolute Gasteiger partial charge is 0.198 e. The molecule has 0 amide bonds. The lowest BCUT2D eigenvalue weighted by Crippen LogP contribution is -2.15. The van der Waals surface area contributed by atoms with Gasteiger partial charge in [0.05, 0.1) is 17.2 Å². The third-order valence-corrected chi connectivity index (χ3v) is 3.03. The number of rotatable bonds is 8. The van der Waals surface area contributed by atoms with Crippen LogP contribution in [-0.2, 0) is 0 Å². The first-order valence-electron chi connectivity index (χ1n) is 7.00. The summed E-state index contributed by atoms with van der Waals surface area (Å²) < 4.78 is 5.50. The largest absolute Gasteiger partial charge is 0.464 e. The molecule has 3 nitrogen and oxygen atoms in total. The van der Waals surface area contributed by atoms with Crippen LogP contribution in [0, 0.1) is 0 Å². The molecule has 0 aromatic carbocycles. The summed E-state index contributed by atoms with van der Waals surface area (Å²) in [4.78, 5) is 16.6. The zero-order valence-electron chi connectivity index (χ0n) is 12.9. The maximum atomic E-state index is 12.6. The molecule has 0 saturated heterocycles. The Balaban J connectivity index is 3.29. The average Bonchev–Trinajstić information content (AvgIpc) is 2.54. The predicted molar refractivity (Wildman–Crippen MR) is 95.2 cm³/mol. The molecule has 1 atom stereocenters. The van der Waals surface area contributed by atoms with Crippen LogP contribution in [0.15, 0.2) is 70.1 Å². The molecular formula is C19H21NO2. The lowest BCUT2D eigenvalue weighted by atomic mass is 10.0. The number of nitrogens with zero attached hydrogens (tertiary/aromatic N) is 1. The molecule has 114 valence electrons. The molecule has 1 aromatic heterocycles. The van der Waals surface area contributed by atoms with Gasteiger partial charge in [-0.25, -0.2) is 0 Å². The van der Waals surface area contributed by atoms with Gasteiger partial charge in [-0.2, -0.15) is 0 Å². The van der Waals surface area contributed by atoms with Gasteiger partial charge in [0, 0.05) is 0 Å². The van der Waals surface area contributed by atoms with Crippen LogP contribution >= 0.6 is 0 Å². The van der Waals surface area contributed by atoms with Crippen LogP contribution in [0.2, 0.25) is 0 Å². The summed E-state index contributed by atoms with van der Waals surface area (Å²) in [7, 11) is 0. The minimum absolute atomic E-state index is 0.129. The number of hydrogen-bond donors (Lipinski definition) is 0. The molecule has 0 aliphatic carbocycles. The molecule has 0 radical (unpaired) electrons. The highest BCUT2D eigenvalue weighted by Crippen LogP contribution is 2.20. The van der Waals surface area contributed by atoms with Gasteiger partial charge in [-0.05, 0) is 32.2 Å². The molecule has 0 bridgehead atoms. The number of hydrogen-bond acceptors (Lipinski definition) is 3. The topological polar surface area (TPSA) is 42.6 Å². The van der Waals surface area contributed by atoms with Crippen LogP contribution < -0.4 is 5.43 Å². The number of allylic oxidation sites excluding steroid dienone is 5. The van der Waals surface area contributed by atoms with Crippen LogP contribution in [-0.4, -0.2) is 6.72 Å². The maximum Gasteiger partial charge on any atom is 0.198 e. The first-order valence-corrected chi connectivity index (χ1v) is 7.00. The Morgan fingerprint density at radius 3 is 2.59 bits per heavy atom. The minimum atomic E-state index is -0.349. The summed E-state index contributed by atoms with van der Waals surface area (Å²) in [5, 5.41) is 0. The van der Waals surface area contributed by atoms with Crippen molar-refractivity contribution in [1.29, 1.82) is 0 Å². The zero-order valence-corrected chi connectivity index (χ0v) is 12.9. The van der Waals surface area contributed by atoms with E-state index in [0.717, 1.165) is 0 Å². The quantitative estimate of drug-likeness (QED) is 0.395. The fourth-order valence-corrected chi connectivity index (χ4v) is 1.91. The van der Waals surface area contributed by atoms with Gasteiger partial charge >= 0.3 is 0 Å². The van der Waals surface area contributed by atoms with E-state index >= 15 is 0 Å². The van der Waals surface area contributed by atoms with Crippen LogP contribution in [0.5, 0.6) is 0 Å². The van der Waals surface area contributed by atoms with Gasteiger partial charge in [-0.3, -0.25) is 9.79 Å². The third-order valence-electron chi connectivity index (χ3n) is 3.03. The van der Waals surface area contributed by atoms with E-state index in [0.29, 0.717) is 23.3 Å². The molecule has 0 aliphatic rings. The van der Waals surface area contributed by atoms with E-state index in [-0.39, 0.29) is 11.5 Å². The van der Waals surface area contributed by atoms with Crippen LogP contribution in [0.4, 0.5) is 0 Å². The van der Waals surface area contributed by atoms with Gasteiger partial charge in [-0.15, -0.1) is 6.58 Å². The third kappa shape index (κ3) is 4.42. The lowest BCUT2D eigenvalue weighted by Gasteiger charge is -2.10. The Hall–Kier alpha value is -2.68. The molecule has 3 heteroatoms. The Morgan fingerprint density at radius 1 is 1.27 bits per heavy atom. The van der Waals surface area contributed by atoms with E-state index in [4.69, 9.17) is 4.42 Å². The summed E-state index contributed by atoms with van der Waals surface area (Å²) in [6, 6.07) is -0.349. The molecule has 0 N–H and O–H groups in total. The van der Waals surface area contributed by atoms with Crippen molar-refractivity contribution in [2.45, 2.75) is 19.4 Å². The van der Waals surface area contributed by atoms with Crippen LogP contribution in [0.25, 0.3) is 12.2 Å². The van der Waals surface area contributed by atoms with E-state index < -0.39 is 0 Å². The summed E-state index contributed by atoms with van der Waals surface area (Å²) in [5.74, 6) is 0.436. The van der Waals surface area contributed by atoms with Crippen molar-refractivity contribution in [3.63, 3.8) is 0 Å². The van der Waals surface area contributed by atoms with E-state index in [1.54, 1.807) is 18.2 Å². The molecule has 0 saturated carbocycles. The van der Waals surface area contributed by atoms with E-state index in [1.807, 2.05) is 31.2 Å². The van der Waals surface area contributed by atoms with Crippen molar-refractivity contribution in [3.8, 4) is 0 Å². The van der Waals surface area contributed by atoms with Crippen LogP contribution in [0.3, 0.4) is 0 Å². The fourth-order valence-electron chi connectivity index (χ4n) is 1.91. The maximum absolute atomic E-state index is 12.6. The fraction of sp³-hybridized carbons (Fsp3) is 0.158. The van der Waals surface area contributed by atoms with Gasteiger partial charge in [-0.1, -0.05) is 43.0 Å². The highest BCUT2D eigenvalue weighted by atomic mass is 16.3. The average molecular weight is 295 g/mol. The molecule has 1 heterocycles. The predicted octanol–water partition coefficient (Wildman–Crippen LogP) is 4.75. The van der Waals surface area contributed by atoms with Crippen molar-refractivity contribution in [2.75, 3.05) is 0 Å². The van der Waals surface area contributed by atoms with Gasteiger partial charge in [0.25, 0.3) is 0 Å². The van der Waals surface area contributed by atoms with Crippen molar-refractivity contribution in [1.82, 2.24) is 0 Å². The Kier molecular flexibility index (Phi) is 7.34. The van der Waals surface area contributed by atoms with Gasteiger partial charge in [0.2, 0.25) is 0 Å². The summed E-state index contributed by atoms with van der Waals surface area (Å²) in [6.45, 7) is 12.8. The van der Waals surface area contributed by atoms with E-state index in [1.165, 1.54) is 12.3 Å². The van der Waals surface area contributed by atoms with E-state index in [9.17, 15) is 4.79 Å². The van der Waals surface area contributed by atoms with Crippen molar-refractivity contribution < 1.29 is 4.42 Å². The Bertz CT molecular complexity index is 675.